The monoisotopic (exact) mass is 315 g/mol. The zero-order valence-corrected chi connectivity index (χ0v) is 15.6. The van der Waals surface area contributed by atoms with Crippen molar-refractivity contribution in [3.8, 4) is 0 Å². The van der Waals surface area contributed by atoms with Crippen molar-refractivity contribution in [2.75, 3.05) is 0 Å². The van der Waals surface area contributed by atoms with E-state index in [1.807, 2.05) is 0 Å². The molecule has 0 aromatic heterocycles. The van der Waals surface area contributed by atoms with Crippen LogP contribution in [-0.4, -0.2) is 0 Å². The average Bonchev–Trinajstić information content (AvgIpc) is 2.26. The van der Waals surface area contributed by atoms with E-state index in [2.05, 4.69) is 27.2 Å². The summed E-state index contributed by atoms with van der Waals surface area (Å²) in [5.74, 6) is 0.949. The minimum atomic E-state index is 0. The summed E-state index contributed by atoms with van der Waals surface area (Å²) in [4.78, 5) is 0. The van der Waals surface area contributed by atoms with Crippen LogP contribution in [0.25, 0.3) is 0 Å². The van der Waals surface area contributed by atoms with Crippen LogP contribution in [0.2, 0.25) is 0 Å². The van der Waals surface area contributed by atoms with Crippen LogP contribution >= 0.6 is 0 Å². The van der Waals surface area contributed by atoms with Gasteiger partial charge in [0.1, 0.15) is 0 Å². The van der Waals surface area contributed by atoms with Crippen molar-refractivity contribution in [2.45, 2.75) is 85.0 Å². The summed E-state index contributed by atoms with van der Waals surface area (Å²) in [6.45, 7) is 6.84. The number of hydrogen-bond donors (Lipinski definition) is 0. The van der Waals surface area contributed by atoms with Crippen molar-refractivity contribution < 1.29 is 32.7 Å². The molecule has 1 radical (unpaired) electrons. The number of rotatable bonds is 11. The van der Waals surface area contributed by atoms with E-state index < -0.39 is 0 Å². The largest absolute Gasteiger partial charge is 0.358 e. The number of hydrogen-bond acceptors (Lipinski definition) is 0. The molecule has 1 unspecified atom stereocenters. The molecule has 0 heterocycles. The molecule has 0 aliphatic carbocycles. The third kappa shape index (κ3) is 19.6. The van der Waals surface area contributed by atoms with Crippen LogP contribution in [0.3, 0.4) is 0 Å². The fourth-order valence-electron chi connectivity index (χ4n) is 1.93. The molecule has 0 saturated heterocycles. The van der Waals surface area contributed by atoms with E-state index in [1.54, 1.807) is 0 Å². The van der Waals surface area contributed by atoms with E-state index in [9.17, 15) is 0 Å². The van der Waals surface area contributed by atoms with Gasteiger partial charge in [0.05, 0.1) is 0 Å². The molecule has 0 bridgehead atoms. The molecule has 0 aromatic carbocycles. The molecule has 17 heavy (non-hydrogen) atoms. The zero-order chi connectivity index (χ0) is 11.4. The second-order valence-corrected chi connectivity index (χ2v) is 4.97. The van der Waals surface area contributed by atoms with Crippen LogP contribution in [0.5, 0.6) is 0 Å². The standard InChI is InChI=1S/C15H31.CH3.Y/c1-4-6-7-8-9-10-11-12-13-14-15(3)5-2;;/h4,15H,5-14H2,1-3H3;1H3;/q2*-1;. The van der Waals surface area contributed by atoms with Gasteiger partial charge in [-0.2, -0.15) is 13.3 Å². The second-order valence-electron chi connectivity index (χ2n) is 4.97. The molecule has 0 spiro atoms. The van der Waals surface area contributed by atoms with Gasteiger partial charge in [0.15, 0.2) is 0 Å². The smallest absolute Gasteiger partial charge is 0 e. The molecule has 103 valence electrons. The Bertz CT molecular complexity index is 112. The molecule has 1 heteroatoms. The van der Waals surface area contributed by atoms with Gasteiger partial charge in [0, 0.05) is 32.7 Å². The van der Waals surface area contributed by atoms with Crippen LogP contribution in [0.4, 0.5) is 0 Å². The van der Waals surface area contributed by atoms with Crippen molar-refractivity contribution in [3.05, 3.63) is 13.8 Å². The molecule has 0 aromatic rings. The maximum absolute atomic E-state index is 2.38. The first-order valence-corrected chi connectivity index (χ1v) is 7.09. The fraction of sp³-hybridized carbons (Fsp3) is 0.875. The summed E-state index contributed by atoms with van der Waals surface area (Å²) in [6.07, 6.45) is 16.5. The molecule has 0 N–H and O–H groups in total. The summed E-state index contributed by atoms with van der Waals surface area (Å²) in [7, 11) is 0. The maximum atomic E-state index is 2.38. The van der Waals surface area contributed by atoms with Gasteiger partial charge >= 0.3 is 0 Å². The van der Waals surface area contributed by atoms with Gasteiger partial charge in [-0.05, 0) is 5.92 Å². The van der Waals surface area contributed by atoms with Gasteiger partial charge < -0.3 is 13.8 Å². The minimum absolute atomic E-state index is 0. The molecule has 0 fully saturated rings. The van der Waals surface area contributed by atoms with Crippen LogP contribution in [0.1, 0.15) is 85.0 Å². The van der Waals surface area contributed by atoms with E-state index in [0.29, 0.717) is 0 Å². The van der Waals surface area contributed by atoms with Crippen molar-refractivity contribution >= 4 is 0 Å². The summed E-state index contributed by atoms with van der Waals surface area (Å²) in [5, 5.41) is 0. The molecular weight excluding hydrogens is 281 g/mol. The van der Waals surface area contributed by atoms with Crippen LogP contribution in [0, 0.1) is 19.8 Å². The van der Waals surface area contributed by atoms with Crippen molar-refractivity contribution in [1.82, 2.24) is 0 Å². The Labute approximate surface area is 137 Å². The predicted molar refractivity (Wildman–Crippen MR) is 77.4 cm³/mol. The van der Waals surface area contributed by atoms with E-state index in [-0.39, 0.29) is 40.1 Å². The Morgan fingerprint density at radius 1 is 0.882 bits per heavy atom. The maximum Gasteiger partial charge on any atom is 0 e. The van der Waals surface area contributed by atoms with Crippen LogP contribution < -0.4 is 0 Å². The van der Waals surface area contributed by atoms with E-state index in [0.717, 1.165) is 5.92 Å². The van der Waals surface area contributed by atoms with Gasteiger partial charge in [0.25, 0.3) is 0 Å². The SMILES string of the molecule is C[CH-]CCCCCCCCCC(C)CC.[CH3-].[Y]. The van der Waals surface area contributed by atoms with Gasteiger partial charge in [-0.3, -0.25) is 0 Å². The zero-order valence-electron chi connectivity index (χ0n) is 12.8. The first-order valence-electron chi connectivity index (χ1n) is 7.09. The summed E-state index contributed by atoms with van der Waals surface area (Å²) < 4.78 is 0. The van der Waals surface area contributed by atoms with E-state index >= 15 is 0 Å². The van der Waals surface area contributed by atoms with Gasteiger partial charge in [-0.1, -0.05) is 71.6 Å². The molecule has 0 aliphatic heterocycles. The fourth-order valence-corrected chi connectivity index (χ4v) is 1.93. The Kier molecular flexibility index (Phi) is 26.6. The van der Waals surface area contributed by atoms with Crippen molar-refractivity contribution in [1.29, 1.82) is 0 Å². The normalized spacial score (nSPS) is 11.5. The third-order valence-electron chi connectivity index (χ3n) is 3.39. The Morgan fingerprint density at radius 3 is 1.82 bits per heavy atom. The summed E-state index contributed by atoms with van der Waals surface area (Å²) >= 11 is 0. The molecule has 0 aliphatic rings. The molecule has 0 rings (SSSR count). The Morgan fingerprint density at radius 2 is 1.35 bits per heavy atom. The quantitative estimate of drug-likeness (QED) is 0.314. The van der Waals surface area contributed by atoms with Gasteiger partial charge in [0.2, 0.25) is 0 Å². The topological polar surface area (TPSA) is 0 Å². The van der Waals surface area contributed by atoms with E-state index in [1.165, 1.54) is 64.2 Å². The second kappa shape index (κ2) is 19.4. The Hall–Kier alpha value is 1.10. The Balaban J connectivity index is -0.000000980. The van der Waals surface area contributed by atoms with E-state index in [4.69, 9.17) is 0 Å². The van der Waals surface area contributed by atoms with Crippen molar-refractivity contribution in [3.63, 3.8) is 0 Å². The van der Waals surface area contributed by atoms with Gasteiger partial charge in [-0.25, -0.2) is 0 Å². The van der Waals surface area contributed by atoms with Crippen molar-refractivity contribution in [2.24, 2.45) is 5.92 Å². The first kappa shape index (κ1) is 23.2. The number of unbranched alkanes of at least 4 members (excludes halogenated alkanes) is 8. The molecular formula is C16H34Y-2. The van der Waals surface area contributed by atoms with Crippen LogP contribution in [0.15, 0.2) is 0 Å². The first-order chi connectivity index (χ1) is 7.31. The molecule has 1 atom stereocenters. The van der Waals surface area contributed by atoms with Gasteiger partial charge in [-0.15, -0.1) is 0 Å². The minimum Gasteiger partial charge on any atom is -0.358 e. The summed E-state index contributed by atoms with van der Waals surface area (Å²) in [6, 6.07) is 0. The van der Waals surface area contributed by atoms with Crippen LogP contribution in [-0.2, 0) is 32.7 Å². The summed E-state index contributed by atoms with van der Waals surface area (Å²) in [5.41, 5.74) is 0. The predicted octanol–water partition coefficient (Wildman–Crippen LogP) is 6.22. The molecule has 0 nitrogen and oxygen atoms in total. The average molecular weight is 315 g/mol. The molecule has 0 amide bonds. The third-order valence-corrected chi connectivity index (χ3v) is 3.39. The molecule has 0 saturated carbocycles.